The normalized spacial score (nSPS) is 18.2. The van der Waals surface area contributed by atoms with Crippen LogP contribution in [0.5, 0.6) is 11.5 Å². The Morgan fingerprint density at radius 1 is 1.03 bits per heavy atom. The molecule has 1 atom stereocenters. The first-order chi connectivity index (χ1) is 15.0. The largest absolute Gasteiger partial charge is 0.490 e. The van der Waals surface area contributed by atoms with Gasteiger partial charge in [0.15, 0.2) is 11.5 Å². The van der Waals surface area contributed by atoms with Gasteiger partial charge in [0.1, 0.15) is 0 Å². The summed E-state index contributed by atoms with van der Waals surface area (Å²) in [6, 6.07) is 11.9. The van der Waals surface area contributed by atoms with Gasteiger partial charge in [-0.1, -0.05) is 17.7 Å². The third-order valence-electron chi connectivity index (χ3n) is 6.01. The summed E-state index contributed by atoms with van der Waals surface area (Å²) in [4.78, 5) is 29.5. The number of hydrogen-bond donors (Lipinski definition) is 0. The number of carbonyl (C=O) groups excluding carboxylic acids is 2. The van der Waals surface area contributed by atoms with E-state index in [1.54, 1.807) is 4.90 Å². The van der Waals surface area contributed by atoms with Crippen molar-refractivity contribution in [1.29, 1.82) is 0 Å². The van der Waals surface area contributed by atoms with Gasteiger partial charge in [0.2, 0.25) is 11.8 Å². The number of carbonyl (C=O) groups is 2. The molecule has 2 aliphatic heterocycles. The molecule has 0 aromatic heterocycles. The van der Waals surface area contributed by atoms with Gasteiger partial charge in [0.05, 0.1) is 19.1 Å². The van der Waals surface area contributed by atoms with Crippen LogP contribution in [0.3, 0.4) is 0 Å². The Bertz CT molecular complexity index is 970. The predicted molar refractivity (Wildman–Crippen MR) is 120 cm³/mol. The fraction of sp³-hybridized carbons (Fsp3) is 0.440. The van der Waals surface area contributed by atoms with Crippen molar-refractivity contribution in [1.82, 2.24) is 4.90 Å². The second-order valence-electron chi connectivity index (χ2n) is 8.18. The molecule has 1 fully saturated rings. The van der Waals surface area contributed by atoms with Crippen molar-refractivity contribution in [3.63, 3.8) is 0 Å². The Kier molecular flexibility index (Phi) is 6.16. The second kappa shape index (κ2) is 9.00. The molecule has 6 heteroatoms. The van der Waals surface area contributed by atoms with Gasteiger partial charge in [-0.3, -0.25) is 9.59 Å². The SMILES string of the molecule is CCOc1cc2c(cc1OCC)CN(C(=O)C1CC(=O)N(c3ccc(C)cc3)C1)CC2. The van der Waals surface area contributed by atoms with E-state index in [2.05, 4.69) is 0 Å². The number of amides is 2. The molecule has 0 N–H and O–H groups in total. The minimum Gasteiger partial charge on any atom is -0.490 e. The lowest BCUT2D eigenvalue weighted by molar-refractivity contribution is -0.136. The molecule has 6 nitrogen and oxygen atoms in total. The number of rotatable bonds is 6. The first-order valence-corrected chi connectivity index (χ1v) is 11.1. The third kappa shape index (κ3) is 4.38. The number of hydrogen-bond acceptors (Lipinski definition) is 4. The molecule has 1 saturated heterocycles. The zero-order valence-corrected chi connectivity index (χ0v) is 18.5. The fourth-order valence-corrected chi connectivity index (χ4v) is 4.39. The summed E-state index contributed by atoms with van der Waals surface area (Å²) < 4.78 is 11.5. The van der Waals surface area contributed by atoms with Gasteiger partial charge in [-0.15, -0.1) is 0 Å². The van der Waals surface area contributed by atoms with E-state index in [0.717, 1.165) is 34.7 Å². The molecule has 0 spiro atoms. The number of nitrogens with zero attached hydrogens (tertiary/aromatic N) is 2. The summed E-state index contributed by atoms with van der Waals surface area (Å²) in [6.07, 6.45) is 1.04. The lowest BCUT2D eigenvalue weighted by atomic mass is 9.97. The zero-order valence-electron chi connectivity index (χ0n) is 18.5. The lowest BCUT2D eigenvalue weighted by Gasteiger charge is -2.31. The van der Waals surface area contributed by atoms with Crippen molar-refractivity contribution >= 4 is 17.5 Å². The van der Waals surface area contributed by atoms with E-state index in [1.165, 1.54) is 5.56 Å². The number of ether oxygens (including phenoxy) is 2. The Balaban J connectivity index is 1.48. The Hall–Kier alpha value is -3.02. The molecular formula is C25H30N2O4. The van der Waals surface area contributed by atoms with Gasteiger partial charge < -0.3 is 19.3 Å². The van der Waals surface area contributed by atoms with Crippen LogP contribution < -0.4 is 14.4 Å². The summed E-state index contributed by atoms with van der Waals surface area (Å²) in [7, 11) is 0. The van der Waals surface area contributed by atoms with E-state index in [0.29, 0.717) is 32.8 Å². The van der Waals surface area contributed by atoms with Crippen molar-refractivity contribution in [2.75, 3.05) is 31.2 Å². The second-order valence-corrected chi connectivity index (χ2v) is 8.18. The quantitative estimate of drug-likeness (QED) is 0.712. The van der Waals surface area contributed by atoms with Crippen molar-refractivity contribution in [3.05, 3.63) is 53.1 Å². The Morgan fingerprint density at radius 2 is 1.68 bits per heavy atom. The molecule has 4 rings (SSSR count). The van der Waals surface area contributed by atoms with Gasteiger partial charge in [0.25, 0.3) is 0 Å². The molecule has 31 heavy (non-hydrogen) atoms. The highest BCUT2D eigenvalue weighted by atomic mass is 16.5. The van der Waals surface area contributed by atoms with E-state index in [-0.39, 0.29) is 24.2 Å². The van der Waals surface area contributed by atoms with Crippen LogP contribution in [0.15, 0.2) is 36.4 Å². The highest BCUT2D eigenvalue weighted by molar-refractivity contribution is 6.00. The average molecular weight is 423 g/mol. The van der Waals surface area contributed by atoms with Crippen molar-refractivity contribution in [2.24, 2.45) is 5.92 Å². The summed E-state index contributed by atoms with van der Waals surface area (Å²) in [5.41, 5.74) is 4.29. The van der Waals surface area contributed by atoms with E-state index in [4.69, 9.17) is 9.47 Å². The maximum Gasteiger partial charge on any atom is 0.228 e. The van der Waals surface area contributed by atoms with Crippen LogP contribution in [-0.4, -0.2) is 43.0 Å². The summed E-state index contributed by atoms with van der Waals surface area (Å²) in [6.45, 7) is 8.69. The van der Waals surface area contributed by atoms with Gasteiger partial charge in [-0.05, 0) is 62.6 Å². The number of fused-ring (bicyclic) bond motifs is 1. The van der Waals surface area contributed by atoms with Gasteiger partial charge in [-0.25, -0.2) is 0 Å². The minimum atomic E-state index is -0.301. The van der Waals surface area contributed by atoms with E-state index in [1.807, 2.05) is 62.1 Å². The van der Waals surface area contributed by atoms with E-state index in [9.17, 15) is 9.59 Å². The maximum absolute atomic E-state index is 13.3. The molecule has 2 aromatic carbocycles. The molecule has 2 heterocycles. The number of benzene rings is 2. The topological polar surface area (TPSA) is 59.1 Å². The first kappa shape index (κ1) is 21.2. The predicted octanol–water partition coefficient (Wildman–Crippen LogP) is 3.73. The van der Waals surface area contributed by atoms with Gasteiger partial charge in [0, 0.05) is 31.7 Å². The van der Waals surface area contributed by atoms with Crippen LogP contribution in [0, 0.1) is 12.8 Å². The van der Waals surface area contributed by atoms with Crippen LogP contribution in [0.1, 0.15) is 37.0 Å². The first-order valence-electron chi connectivity index (χ1n) is 11.1. The maximum atomic E-state index is 13.3. The summed E-state index contributed by atoms with van der Waals surface area (Å²) in [5, 5.41) is 0. The van der Waals surface area contributed by atoms with E-state index < -0.39 is 0 Å². The molecule has 0 aliphatic carbocycles. The smallest absolute Gasteiger partial charge is 0.228 e. The Morgan fingerprint density at radius 3 is 2.32 bits per heavy atom. The Labute approximate surface area is 183 Å². The number of anilines is 1. The standard InChI is InChI=1S/C25H30N2O4/c1-4-30-22-12-18-10-11-26(15-19(18)13-23(22)31-5-2)25(29)20-14-24(28)27(16-20)21-8-6-17(3)7-9-21/h6-9,12-13,20H,4-5,10-11,14-16H2,1-3H3. The molecule has 0 bridgehead atoms. The average Bonchev–Trinajstić information content (AvgIpc) is 3.16. The van der Waals surface area contributed by atoms with Gasteiger partial charge in [-0.2, -0.15) is 0 Å². The highest BCUT2D eigenvalue weighted by Gasteiger charge is 2.38. The van der Waals surface area contributed by atoms with Crippen LogP contribution in [0.4, 0.5) is 5.69 Å². The third-order valence-corrected chi connectivity index (χ3v) is 6.01. The molecule has 2 aliphatic rings. The molecule has 0 saturated carbocycles. The molecule has 164 valence electrons. The summed E-state index contributed by atoms with van der Waals surface area (Å²) in [5.74, 6) is 1.25. The fourth-order valence-electron chi connectivity index (χ4n) is 4.39. The molecule has 2 amide bonds. The zero-order chi connectivity index (χ0) is 22.0. The molecular weight excluding hydrogens is 392 g/mol. The number of aryl methyl sites for hydroxylation is 1. The molecule has 0 radical (unpaired) electrons. The molecule has 1 unspecified atom stereocenters. The van der Waals surface area contributed by atoms with Gasteiger partial charge >= 0.3 is 0 Å². The highest BCUT2D eigenvalue weighted by Crippen LogP contribution is 2.35. The van der Waals surface area contributed by atoms with Crippen LogP contribution in [0.25, 0.3) is 0 Å². The van der Waals surface area contributed by atoms with Crippen molar-refractivity contribution in [2.45, 2.75) is 40.2 Å². The van der Waals surface area contributed by atoms with Crippen molar-refractivity contribution < 1.29 is 19.1 Å². The monoisotopic (exact) mass is 422 g/mol. The lowest BCUT2D eigenvalue weighted by Crippen LogP contribution is -2.40. The van der Waals surface area contributed by atoms with Crippen LogP contribution in [-0.2, 0) is 22.6 Å². The van der Waals surface area contributed by atoms with Crippen molar-refractivity contribution in [3.8, 4) is 11.5 Å². The minimum absolute atomic E-state index is 0.0135. The summed E-state index contributed by atoms with van der Waals surface area (Å²) >= 11 is 0. The van der Waals surface area contributed by atoms with E-state index >= 15 is 0 Å². The van der Waals surface area contributed by atoms with Crippen LogP contribution >= 0.6 is 0 Å². The molecule has 2 aromatic rings. The van der Waals surface area contributed by atoms with Crippen LogP contribution in [0.2, 0.25) is 0 Å².